The van der Waals surface area contributed by atoms with E-state index in [4.69, 9.17) is 5.73 Å². The van der Waals surface area contributed by atoms with Gasteiger partial charge in [0.25, 0.3) is 0 Å². The highest BCUT2D eigenvalue weighted by molar-refractivity contribution is 5.97. The lowest BCUT2D eigenvalue weighted by molar-refractivity contribution is 0.619. The van der Waals surface area contributed by atoms with E-state index in [0.717, 1.165) is 11.3 Å². The second-order valence-electron chi connectivity index (χ2n) is 4.85. The zero-order valence-electron chi connectivity index (χ0n) is 11.4. The van der Waals surface area contributed by atoms with Gasteiger partial charge in [-0.1, -0.05) is 12.1 Å². The van der Waals surface area contributed by atoms with Crippen molar-refractivity contribution in [1.29, 1.82) is 0 Å². The van der Waals surface area contributed by atoms with Gasteiger partial charge in [-0.25, -0.2) is 4.39 Å². The molecule has 0 fully saturated rings. The molecule has 1 unspecified atom stereocenters. The van der Waals surface area contributed by atoms with Gasteiger partial charge in [0.05, 0.1) is 24.5 Å². The van der Waals surface area contributed by atoms with Crippen LogP contribution in [-0.2, 0) is 7.05 Å². The first kappa shape index (κ1) is 12.7. The molecule has 1 aromatic carbocycles. The van der Waals surface area contributed by atoms with Crippen LogP contribution in [0, 0.1) is 12.7 Å². The Hall–Kier alpha value is -2.37. The van der Waals surface area contributed by atoms with Crippen LogP contribution in [0.2, 0.25) is 0 Å². The number of aliphatic imine (C=N–C) groups is 1. The third-order valence-electron chi connectivity index (χ3n) is 3.73. The van der Waals surface area contributed by atoms with Crippen LogP contribution >= 0.6 is 0 Å². The van der Waals surface area contributed by atoms with Gasteiger partial charge < -0.3 is 10.6 Å². The van der Waals surface area contributed by atoms with Crippen LogP contribution in [0.1, 0.15) is 17.3 Å². The van der Waals surface area contributed by atoms with Crippen LogP contribution in [0.4, 0.5) is 10.1 Å². The number of anilines is 1. The van der Waals surface area contributed by atoms with Gasteiger partial charge >= 0.3 is 0 Å². The first-order valence-electron chi connectivity index (χ1n) is 6.41. The molecule has 0 radical (unpaired) electrons. The van der Waals surface area contributed by atoms with E-state index in [9.17, 15) is 4.39 Å². The first-order chi connectivity index (χ1) is 9.59. The van der Waals surface area contributed by atoms with Gasteiger partial charge in [0.1, 0.15) is 5.82 Å². The van der Waals surface area contributed by atoms with Crippen molar-refractivity contribution in [2.24, 2.45) is 17.8 Å². The van der Waals surface area contributed by atoms with Crippen molar-refractivity contribution in [1.82, 2.24) is 9.78 Å². The number of hydrogen-bond donors (Lipinski definition) is 1. The number of halogens is 1. The smallest absolute Gasteiger partial charge is 0.196 e. The third-order valence-corrected chi connectivity index (χ3v) is 3.73. The molecule has 2 aromatic rings. The minimum absolute atomic E-state index is 0.111. The molecular formula is C14H16FN5. The molecular weight excluding hydrogens is 257 g/mol. The molecule has 2 N–H and O–H groups in total. The molecule has 1 aliphatic rings. The molecule has 0 bridgehead atoms. The Labute approximate surface area is 116 Å². The van der Waals surface area contributed by atoms with Gasteiger partial charge in [0.15, 0.2) is 5.96 Å². The zero-order chi connectivity index (χ0) is 14.3. The molecule has 1 aliphatic heterocycles. The monoisotopic (exact) mass is 273 g/mol. The van der Waals surface area contributed by atoms with Crippen molar-refractivity contribution < 1.29 is 4.39 Å². The van der Waals surface area contributed by atoms with E-state index < -0.39 is 0 Å². The molecule has 0 spiro atoms. The van der Waals surface area contributed by atoms with E-state index >= 15 is 0 Å². The molecule has 1 atom stereocenters. The van der Waals surface area contributed by atoms with Gasteiger partial charge in [0, 0.05) is 18.3 Å². The van der Waals surface area contributed by atoms with Crippen molar-refractivity contribution in [3.63, 3.8) is 0 Å². The summed E-state index contributed by atoms with van der Waals surface area (Å²) in [4.78, 5) is 6.00. The fraction of sp³-hybridized carbons (Fsp3) is 0.286. The van der Waals surface area contributed by atoms with E-state index in [1.54, 1.807) is 34.0 Å². The maximum Gasteiger partial charge on any atom is 0.196 e. The summed E-state index contributed by atoms with van der Waals surface area (Å²) in [5, 5.41) is 4.24. The lowest BCUT2D eigenvalue weighted by Crippen LogP contribution is -2.36. The fourth-order valence-corrected chi connectivity index (χ4v) is 2.52. The van der Waals surface area contributed by atoms with Crippen molar-refractivity contribution in [2.75, 3.05) is 11.4 Å². The van der Waals surface area contributed by atoms with Crippen LogP contribution in [-0.4, -0.2) is 22.3 Å². The van der Waals surface area contributed by atoms with Gasteiger partial charge in [-0.2, -0.15) is 5.10 Å². The lowest BCUT2D eigenvalue weighted by atomic mass is 10.1. The average molecular weight is 273 g/mol. The summed E-state index contributed by atoms with van der Waals surface area (Å²) in [7, 11) is 1.88. The highest BCUT2D eigenvalue weighted by atomic mass is 19.1. The van der Waals surface area contributed by atoms with Crippen LogP contribution in [0.5, 0.6) is 0 Å². The number of benzene rings is 1. The summed E-state index contributed by atoms with van der Waals surface area (Å²) in [6, 6.07) is 6.47. The molecule has 6 heteroatoms. The van der Waals surface area contributed by atoms with Crippen LogP contribution in [0.15, 0.2) is 35.5 Å². The molecule has 3 rings (SSSR count). The second-order valence-corrected chi connectivity index (χ2v) is 4.85. The van der Waals surface area contributed by atoms with Crippen molar-refractivity contribution in [2.45, 2.75) is 13.0 Å². The zero-order valence-corrected chi connectivity index (χ0v) is 11.4. The fourth-order valence-electron chi connectivity index (χ4n) is 2.52. The van der Waals surface area contributed by atoms with Crippen molar-refractivity contribution >= 4 is 11.6 Å². The van der Waals surface area contributed by atoms with E-state index in [0.29, 0.717) is 18.2 Å². The van der Waals surface area contributed by atoms with Gasteiger partial charge in [-0.05, 0) is 19.1 Å². The van der Waals surface area contributed by atoms with E-state index in [2.05, 4.69) is 10.1 Å². The minimum atomic E-state index is -0.306. The number of aryl methyl sites for hydroxylation is 1. The number of hydrogen-bond acceptors (Lipinski definition) is 4. The van der Waals surface area contributed by atoms with Gasteiger partial charge in [0.2, 0.25) is 0 Å². The topological polar surface area (TPSA) is 59.4 Å². The van der Waals surface area contributed by atoms with Gasteiger partial charge in [-0.3, -0.25) is 9.67 Å². The molecule has 20 heavy (non-hydrogen) atoms. The predicted molar refractivity (Wildman–Crippen MR) is 76.1 cm³/mol. The van der Waals surface area contributed by atoms with Crippen molar-refractivity contribution in [3.05, 3.63) is 47.5 Å². The first-order valence-corrected chi connectivity index (χ1v) is 6.41. The quantitative estimate of drug-likeness (QED) is 0.906. The standard InChI is InChI=1S/C14H16FN5/c1-9-10(7-18-19(9)2)13-8-17-14(16)20(13)12-6-4-3-5-11(12)15/h3-7,13H,8H2,1-2H3,(H2,16,17). The normalized spacial score (nSPS) is 18.4. The Kier molecular flexibility index (Phi) is 2.93. The van der Waals surface area contributed by atoms with E-state index in [1.165, 1.54) is 6.07 Å². The molecule has 0 aliphatic carbocycles. The van der Waals surface area contributed by atoms with Crippen LogP contribution in [0.3, 0.4) is 0 Å². The largest absolute Gasteiger partial charge is 0.369 e. The summed E-state index contributed by atoms with van der Waals surface area (Å²) in [6.07, 6.45) is 1.79. The Morgan fingerprint density at radius 2 is 2.10 bits per heavy atom. The summed E-state index contributed by atoms with van der Waals surface area (Å²) in [6.45, 7) is 2.49. The average Bonchev–Trinajstić information content (AvgIpc) is 2.95. The minimum Gasteiger partial charge on any atom is -0.369 e. The Balaban J connectivity index is 2.05. The number of para-hydroxylation sites is 1. The van der Waals surface area contributed by atoms with Crippen LogP contribution in [0.25, 0.3) is 0 Å². The number of nitrogens with zero attached hydrogens (tertiary/aromatic N) is 4. The predicted octanol–water partition coefficient (Wildman–Crippen LogP) is 1.74. The lowest BCUT2D eigenvalue weighted by Gasteiger charge is -2.26. The second kappa shape index (κ2) is 4.63. The molecule has 0 saturated heterocycles. The Morgan fingerprint density at radius 3 is 2.75 bits per heavy atom. The maximum atomic E-state index is 14.0. The SMILES string of the molecule is Cc1c(C2CN=C(N)N2c2ccccc2F)cnn1C. The molecule has 1 aromatic heterocycles. The highest BCUT2D eigenvalue weighted by Crippen LogP contribution is 2.33. The Bertz CT molecular complexity index is 676. The number of rotatable bonds is 2. The molecule has 0 amide bonds. The van der Waals surface area contributed by atoms with Gasteiger partial charge in [-0.15, -0.1) is 0 Å². The summed E-state index contributed by atoms with van der Waals surface area (Å²) in [5.41, 5.74) is 8.43. The van der Waals surface area contributed by atoms with E-state index in [1.807, 2.05) is 14.0 Å². The highest BCUT2D eigenvalue weighted by Gasteiger charge is 2.32. The van der Waals surface area contributed by atoms with E-state index in [-0.39, 0.29) is 11.9 Å². The maximum absolute atomic E-state index is 14.0. The Morgan fingerprint density at radius 1 is 1.35 bits per heavy atom. The number of guanidine groups is 1. The third kappa shape index (κ3) is 1.84. The molecule has 104 valence electrons. The molecule has 2 heterocycles. The number of aromatic nitrogens is 2. The van der Waals surface area contributed by atoms with Crippen molar-refractivity contribution in [3.8, 4) is 0 Å². The summed E-state index contributed by atoms with van der Waals surface area (Å²) >= 11 is 0. The summed E-state index contributed by atoms with van der Waals surface area (Å²) < 4.78 is 15.8. The number of nitrogens with two attached hydrogens (primary N) is 1. The van der Waals surface area contributed by atoms with Crippen LogP contribution < -0.4 is 10.6 Å². The molecule has 5 nitrogen and oxygen atoms in total. The summed E-state index contributed by atoms with van der Waals surface area (Å²) in [5.74, 6) is 0.0300. The molecule has 0 saturated carbocycles.